The van der Waals surface area contributed by atoms with Crippen molar-refractivity contribution in [1.29, 1.82) is 0 Å². The van der Waals surface area contributed by atoms with Crippen molar-refractivity contribution >= 4 is 45.7 Å². The average molecular weight is 471 g/mol. The van der Waals surface area contributed by atoms with Crippen molar-refractivity contribution in [1.82, 2.24) is 5.16 Å². The molecule has 0 unspecified atom stereocenters. The van der Waals surface area contributed by atoms with Crippen molar-refractivity contribution < 1.29 is 9.32 Å². The Morgan fingerprint density at radius 2 is 1.70 bits per heavy atom. The van der Waals surface area contributed by atoms with Gasteiger partial charge in [0.1, 0.15) is 0 Å². The number of thioether (sulfide) groups is 1. The van der Waals surface area contributed by atoms with Crippen LogP contribution in [0.15, 0.2) is 106 Å². The summed E-state index contributed by atoms with van der Waals surface area (Å²) in [6, 6.07) is 31.2. The summed E-state index contributed by atoms with van der Waals surface area (Å²) in [6.45, 7) is 0. The fourth-order valence-electron chi connectivity index (χ4n) is 3.53. The first-order chi connectivity index (χ1) is 16.2. The Kier molecular flexibility index (Phi) is 6.15. The molecular formula is C27H19ClN2O2S. The number of anilines is 1. The zero-order valence-corrected chi connectivity index (χ0v) is 19.1. The highest BCUT2D eigenvalue weighted by atomic mass is 35.5. The van der Waals surface area contributed by atoms with Crippen LogP contribution in [-0.2, 0) is 5.75 Å². The normalized spacial score (nSPS) is 10.9. The van der Waals surface area contributed by atoms with E-state index in [1.807, 2.05) is 84.9 Å². The van der Waals surface area contributed by atoms with E-state index in [0.29, 0.717) is 10.8 Å². The number of rotatable bonds is 6. The highest BCUT2D eigenvalue weighted by Crippen LogP contribution is 2.31. The maximum Gasteiger partial charge on any atom is 0.277 e. The molecule has 4 aromatic carbocycles. The summed E-state index contributed by atoms with van der Waals surface area (Å²) >= 11 is 7.72. The Labute approximate surface area is 200 Å². The van der Waals surface area contributed by atoms with Gasteiger partial charge in [0, 0.05) is 27.3 Å². The Hall–Kier alpha value is -3.54. The number of carbonyl (C=O) groups is 1. The number of hydrogen-bond donors (Lipinski definition) is 1. The van der Waals surface area contributed by atoms with Crippen LogP contribution in [0.1, 0.15) is 16.1 Å². The number of hydrogen-bond acceptors (Lipinski definition) is 4. The van der Waals surface area contributed by atoms with E-state index in [0.717, 1.165) is 38.2 Å². The zero-order chi connectivity index (χ0) is 22.6. The number of carbonyl (C=O) groups excluding carboxylic acids is 1. The van der Waals surface area contributed by atoms with E-state index in [1.165, 1.54) is 0 Å². The van der Waals surface area contributed by atoms with Crippen LogP contribution in [0.4, 0.5) is 5.69 Å². The smallest absolute Gasteiger partial charge is 0.277 e. The molecule has 0 saturated carbocycles. The quantitative estimate of drug-likeness (QED) is 0.258. The van der Waals surface area contributed by atoms with E-state index >= 15 is 0 Å². The molecule has 0 aliphatic heterocycles. The highest BCUT2D eigenvalue weighted by Gasteiger charge is 2.16. The molecular weight excluding hydrogens is 452 g/mol. The maximum absolute atomic E-state index is 12.9. The zero-order valence-electron chi connectivity index (χ0n) is 17.5. The van der Waals surface area contributed by atoms with Gasteiger partial charge in [-0.15, -0.1) is 11.8 Å². The molecule has 33 heavy (non-hydrogen) atoms. The van der Waals surface area contributed by atoms with Gasteiger partial charge in [-0.1, -0.05) is 77.4 Å². The molecule has 162 valence electrons. The van der Waals surface area contributed by atoms with Crippen LogP contribution in [0.3, 0.4) is 0 Å². The van der Waals surface area contributed by atoms with Crippen LogP contribution in [0.2, 0.25) is 5.02 Å². The number of aromatic nitrogens is 1. The number of nitrogens with zero attached hydrogens (tertiary/aromatic N) is 1. The van der Waals surface area contributed by atoms with Gasteiger partial charge < -0.3 is 9.84 Å². The van der Waals surface area contributed by atoms with Crippen molar-refractivity contribution in [3.05, 3.63) is 113 Å². The topological polar surface area (TPSA) is 55.1 Å². The number of halogens is 1. The van der Waals surface area contributed by atoms with Crippen LogP contribution in [0.5, 0.6) is 0 Å². The minimum atomic E-state index is -0.318. The lowest BCUT2D eigenvalue weighted by atomic mass is 10.1. The molecule has 0 atom stereocenters. The molecule has 0 aliphatic carbocycles. The van der Waals surface area contributed by atoms with Gasteiger partial charge in [0.05, 0.1) is 5.69 Å². The third kappa shape index (κ3) is 4.95. The molecule has 0 bridgehead atoms. The Morgan fingerprint density at radius 1 is 0.879 bits per heavy atom. The van der Waals surface area contributed by atoms with Gasteiger partial charge in [0.2, 0.25) is 0 Å². The third-order valence-electron chi connectivity index (χ3n) is 5.20. The molecule has 1 heterocycles. The molecule has 0 aliphatic rings. The summed E-state index contributed by atoms with van der Waals surface area (Å²) in [5.41, 5.74) is 2.94. The van der Waals surface area contributed by atoms with Crippen molar-refractivity contribution in [3.63, 3.8) is 0 Å². The van der Waals surface area contributed by atoms with Gasteiger partial charge in [-0.25, -0.2) is 0 Å². The van der Waals surface area contributed by atoms with E-state index in [4.69, 9.17) is 16.1 Å². The fourth-order valence-corrected chi connectivity index (χ4v) is 4.69. The number of nitrogens with one attached hydrogen (secondary N) is 1. The van der Waals surface area contributed by atoms with Crippen molar-refractivity contribution in [2.75, 3.05) is 5.32 Å². The molecule has 1 N–H and O–H groups in total. The third-order valence-corrected chi connectivity index (χ3v) is 6.58. The molecule has 5 rings (SSSR count). The van der Waals surface area contributed by atoms with Crippen molar-refractivity contribution in [2.24, 2.45) is 0 Å². The molecule has 6 heteroatoms. The first-order valence-corrected chi connectivity index (χ1v) is 11.8. The molecule has 0 spiro atoms. The predicted molar refractivity (Wildman–Crippen MR) is 135 cm³/mol. The second-order valence-corrected chi connectivity index (χ2v) is 8.96. The maximum atomic E-state index is 12.9. The standard InChI is InChI=1S/C27H19ClN2O2S/c28-22-9-5-6-18(14-22)17-33-26-11-4-3-10-23(26)29-27(31)24-16-25(32-30-24)21-13-12-19-7-1-2-8-20(19)15-21/h1-16H,17H2,(H,29,31). The van der Waals surface area contributed by atoms with Crippen LogP contribution in [0, 0.1) is 0 Å². The minimum absolute atomic E-state index is 0.229. The second-order valence-electron chi connectivity index (χ2n) is 7.51. The van der Waals surface area contributed by atoms with Gasteiger partial charge in [0.25, 0.3) is 5.91 Å². The summed E-state index contributed by atoms with van der Waals surface area (Å²) in [5, 5.41) is 9.91. The highest BCUT2D eigenvalue weighted by molar-refractivity contribution is 7.98. The number of fused-ring (bicyclic) bond motifs is 1. The van der Waals surface area contributed by atoms with Gasteiger partial charge >= 0.3 is 0 Å². The van der Waals surface area contributed by atoms with Crippen molar-refractivity contribution in [2.45, 2.75) is 10.6 Å². The molecule has 0 radical (unpaired) electrons. The van der Waals surface area contributed by atoms with Gasteiger partial charge in [0.15, 0.2) is 11.5 Å². The first kappa shape index (κ1) is 21.3. The molecule has 5 aromatic rings. The number of amides is 1. The number of benzene rings is 4. The van der Waals surface area contributed by atoms with Crippen LogP contribution in [-0.4, -0.2) is 11.1 Å². The van der Waals surface area contributed by atoms with E-state index < -0.39 is 0 Å². The van der Waals surface area contributed by atoms with Gasteiger partial charge in [-0.05, 0) is 46.7 Å². The van der Waals surface area contributed by atoms with E-state index in [9.17, 15) is 4.79 Å². The summed E-state index contributed by atoms with van der Waals surface area (Å²) in [4.78, 5) is 13.8. The summed E-state index contributed by atoms with van der Waals surface area (Å²) in [5.74, 6) is 0.972. The lowest BCUT2D eigenvalue weighted by Crippen LogP contribution is -2.12. The molecule has 0 fully saturated rings. The Bertz CT molecular complexity index is 1450. The average Bonchev–Trinajstić information content (AvgIpc) is 3.34. The number of para-hydroxylation sites is 1. The second kappa shape index (κ2) is 9.53. The van der Waals surface area contributed by atoms with Gasteiger partial charge in [-0.3, -0.25) is 4.79 Å². The molecule has 0 saturated heterocycles. The van der Waals surface area contributed by atoms with Crippen LogP contribution < -0.4 is 5.32 Å². The van der Waals surface area contributed by atoms with Crippen LogP contribution in [0.25, 0.3) is 22.1 Å². The fraction of sp³-hybridized carbons (Fsp3) is 0.0370. The largest absolute Gasteiger partial charge is 0.355 e. The lowest BCUT2D eigenvalue weighted by Gasteiger charge is -2.10. The van der Waals surface area contributed by atoms with Crippen LogP contribution >= 0.6 is 23.4 Å². The monoisotopic (exact) mass is 470 g/mol. The summed E-state index contributed by atoms with van der Waals surface area (Å²) in [6.07, 6.45) is 0. The minimum Gasteiger partial charge on any atom is -0.355 e. The molecule has 1 amide bonds. The molecule has 4 nitrogen and oxygen atoms in total. The Balaban J connectivity index is 1.31. The van der Waals surface area contributed by atoms with E-state index in [2.05, 4.69) is 16.5 Å². The van der Waals surface area contributed by atoms with E-state index in [1.54, 1.807) is 17.8 Å². The predicted octanol–water partition coefficient (Wildman–Crippen LogP) is 7.69. The van der Waals surface area contributed by atoms with Gasteiger partial charge in [-0.2, -0.15) is 0 Å². The molecule has 1 aromatic heterocycles. The van der Waals surface area contributed by atoms with Crippen molar-refractivity contribution in [3.8, 4) is 11.3 Å². The summed E-state index contributed by atoms with van der Waals surface area (Å²) in [7, 11) is 0. The summed E-state index contributed by atoms with van der Waals surface area (Å²) < 4.78 is 5.48. The Morgan fingerprint density at radius 3 is 2.58 bits per heavy atom. The first-order valence-electron chi connectivity index (χ1n) is 10.4. The SMILES string of the molecule is O=C(Nc1ccccc1SCc1cccc(Cl)c1)c1cc(-c2ccc3ccccc3c2)on1. The lowest BCUT2D eigenvalue weighted by molar-refractivity contribution is 0.101. The van der Waals surface area contributed by atoms with E-state index in [-0.39, 0.29) is 11.6 Å².